The Labute approximate surface area is 136 Å². The smallest absolute Gasteiger partial charge is 0.306 e. The molecule has 4 nitrogen and oxygen atoms in total. The quantitative estimate of drug-likeness (QED) is 0.587. The maximum Gasteiger partial charge on any atom is 0.306 e. The summed E-state index contributed by atoms with van der Waals surface area (Å²) in [5.41, 5.74) is 2.06. The molecule has 5 heteroatoms. The van der Waals surface area contributed by atoms with Crippen molar-refractivity contribution in [3.8, 4) is 0 Å². The third-order valence-electron chi connectivity index (χ3n) is 3.69. The second-order valence-corrected chi connectivity index (χ2v) is 6.38. The van der Waals surface area contributed by atoms with Gasteiger partial charge in [-0.3, -0.25) is 4.79 Å². The summed E-state index contributed by atoms with van der Waals surface area (Å²) in [6.45, 7) is 4.12. The van der Waals surface area contributed by atoms with Crippen LogP contribution in [0.5, 0.6) is 0 Å². The SMILES string of the molecule is COCO[C@H]1c2c(Cl)cccc2CC[C@H]1OC(=O)CC(C)C. The van der Waals surface area contributed by atoms with E-state index in [1.54, 1.807) is 7.11 Å². The fourth-order valence-electron chi connectivity index (χ4n) is 2.76. The molecule has 0 radical (unpaired) electrons. The lowest BCUT2D eigenvalue weighted by molar-refractivity contribution is -0.169. The van der Waals surface area contributed by atoms with Gasteiger partial charge in [0.05, 0.1) is 0 Å². The highest BCUT2D eigenvalue weighted by Gasteiger charge is 2.34. The minimum Gasteiger partial charge on any atom is -0.459 e. The van der Waals surface area contributed by atoms with E-state index in [9.17, 15) is 4.79 Å². The van der Waals surface area contributed by atoms with Gasteiger partial charge in [-0.15, -0.1) is 0 Å². The van der Waals surface area contributed by atoms with Crippen molar-refractivity contribution in [2.75, 3.05) is 13.9 Å². The van der Waals surface area contributed by atoms with Crippen LogP contribution in [0.4, 0.5) is 0 Å². The minimum absolute atomic E-state index is 0.133. The standard InChI is InChI=1S/C17H23ClO4/c1-11(2)9-15(19)22-14-8-7-12-5-4-6-13(18)16(12)17(14)21-10-20-3/h4-6,11,14,17H,7-10H2,1-3H3/t14-,17-/m1/s1. The van der Waals surface area contributed by atoms with Crippen LogP contribution in [0.3, 0.4) is 0 Å². The lowest BCUT2D eigenvalue weighted by Crippen LogP contribution is -2.33. The van der Waals surface area contributed by atoms with E-state index in [2.05, 4.69) is 0 Å². The molecule has 1 aromatic rings. The Bertz CT molecular complexity index is 515. The Morgan fingerprint density at radius 3 is 2.86 bits per heavy atom. The zero-order valence-electron chi connectivity index (χ0n) is 13.3. The van der Waals surface area contributed by atoms with E-state index < -0.39 is 0 Å². The molecular formula is C17H23ClO4. The van der Waals surface area contributed by atoms with Crippen LogP contribution in [0, 0.1) is 5.92 Å². The van der Waals surface area contributed by atoms with Crippen molar-refractivity contribution in [2.45, 2.75) is 45.3 Å². The van der Waals surface area contributed by atoms with E-state index in [4.69, 9.17) is 25.8 Å². The molecule has 0 unspecified atom stereocenters. The highest BCUT2D eigenvalue weighted by Crippen LogP contribution is 2.39. The van der Waals surface area contributed by atoms with Gasteiger partial charge in [-0.25, -0.2) is 0 Å². The van der Waals surface area contributed by atoms with Crippen LogP contribution in [0.2, 0.25) is 5.02 Å². The van der Waals surface area contributed by atoms with Crippen LogP contribution in [-0.2, 0) is 25.4 Å². The molecule has 0 heterocycles. The molecule has 1 aliphatic carbocycles. The van der Waals surface area contributed by atoms with E-state index in [-0.39, 0.29) is 30.9 Å². The van der Waals surface area contributed by atoms with Crippen LogP contribution in [0.15, 0.2) is 18.2 Å². The van der Waals surface area contributed by atoms with E-state index in [1.807, 2.05) is 32.0 Å². The van der Waals surface area contributed by atoms with Crippen molar-refractivity contribution < 1.29 is 19.0 Å². The molecule has 0 aromatic heterocycles. The Hall–Kier alpha value is -1.10. The first-order valence-electron chi connectivity index (χ1n) is 7.60. The Morgan fingerprint density at radius 1 is 1.41 bits per heavy atom. The zero-order valence-corrected chi connectivity index (χ0v) is 14.1. The van der Waals surface area contributed by atoms with Gasteiger partial charge >= 0.3 is 5.97 Å². The maximum atomic E-state index is 12.0. The van der Waals surface area contributed by atoms with Gasteiger partial charge in [0.25, 0.3) is 0 Å². The molecule has 122 valence electrons. The average Bonchev–Trinajstić information content (AvgIpc) is 2.45. The van der Waals surface area contributed by atoms with E-state index in [0.717, 1.165) is 24.0 Å². The summed E-state index contributed by atoms with van der Waals surface area (Å²) in [4.78, 5) is 12.0. The summed E-state index contributed by atoms with van der Waals surface area (Å²) in [6.07, 6.45) is 1.25. The van der Waals surface area contributed by atoms with Gasteiger partial charge in [-0.1, -0.05) is 37.6 Å². The summed E-state index contributed by atoms with van der Waals surface area (Å²) < 4.78 is 16.4. The number of benzene rings is 1. The molecular weight excluding hydrogens is 304 g/mol. The van der Waals surface area contributed by atoms with Crippen molar-refractivity contribution in [3.63, 3.8) is 0 Å². The first-order chi connectivity index (χ1) is 10.5. The molecule has 0 saturated carbocycles. The maximum absolute atomic E-state index is 12.0. The predicted molar refractivity (Wildman–Crippen MR) is 84.8 cm³/mol. The van der Waals surface area contributed by atoms with Crippen LogP contribution in [0.1, 0.15) is 43.9 Å². The lowest BCUT2D eigenvalue weighted by Gasteiger charge is -2.33. The number of rotatable bonds is 6. The summed E-state index contributed by atoms with van der Waals surface area (Å²) in [5.74, 6) is 0.0758. The number of hydrogen-bond acceptors (Lipinski definition) is 4. The Morgan fingerprint density at radius 2 is 2.18 bits per heavy atom. The molecule has 0 saturated heterocycles. The third-order valence-corrected chi connectivity index (χ3v) is 4.02. The van der Waals surface area contributed by atoms with Gasteiger partial charge in [0.2, 0.25) is 0 Å². The zero-order chi connectivity index (χ0) is 16.1. The summed E-state index contributed by atoms with van der Waals surface area (Å²) in [7, 11) is 1.57. The van der Waals surface area contributed by atoms with Gasteiger partial charge in [-0.05, 0) is 30.4 Å². The molecule has 2 rings (SSSR count). The molecule has 0 N–H and O–H groups in total. The molecule has 0 fully saturated rings. The topological polar surface area (TPSA) is 44.8 Å². The summed E-state index contributed by atoms with van der Waals surface area (Å²) >= 11 is 6.34. The van der Waals surface area contributed by atoms with Crippen molar-refractivity contribution in [1.82, 2.24) is 0 Å². The predicted octanol–water partition coefficient (Wildman–Crippen LogP) is 3.91. The number of carbonyl (C=O) groups excluding carboxylic acids is 1. The molecule has 1 aromatic carbocycles. The van der Waals surface area contributed by atoms with E-state index in [0.29, 0.717) is 11.4 Å². The average molecular weight is 327 g/mol. The second kappa shape index (κ2) is 7.95. The first kappa shape index (κ1) is 17.3. The number of carbonyl (C=O) groups is 1. The molecule has 2 atom stereocenters. The van der Waals surface area contributed by atoms with Crippen LogP contribution in [0.25, 0.3) is 0 Å². The number of aryl methyl sites for hydroxylation is 1. The normalized spacial score (nSPS) is 20.8. The summed E-state index contributed by atoms with van der Waals surface area (Å²) in [6, 6.07) is 5.80. The van der Waals surface area contributed by atoms with Crippen molar-refractivity contribution >= 4 is 17.6 Å². The van der Waals surface area contributed by atoms with Crippen LogP contribution < -0.4 is 0 Å². The number of ether oxygens (including phenoxy) is 3. The second-order valence-electron chi connectivity index (χ2n) is 5.97. The van der Waals surface area contributed by atoms with Crippen LogP contribution in [-0.4, -0.2) is 26.0 Å². The molecule has 0 amide bonds. The molecule has 22 heavy (non-hydrogen) atoms. The fourth-order valence-corrected chi connectivity index (χ4v) is 3.06. The molecule has 1 aliphatic rings. The third kappa shape index (κ3) is 4.22. The lowest BCUT2D eigenvalue weighted by atomic mass is 9.87. The van der Waals surface area contributed by atoms with Crippen molar-refractivity contribution in [1.29, 1.82) is 0 Å². The van der Waals surface area contributed by atoms with Gasteiger partial charge < -0.3 is 14.2 Å². The number of fused-ring (bicyclic) bond motifs is 1. The van der Waals surface area contributed by atoms with Crippen LogP contribution >= 0.6 is 11.6 Å². The van der Waals surface area contributed by atoms with Crippen molar-refractivity contribution in [2.24, 2.45) is 5.92 Å². The van der Waals surface area contributed by atoms with Gasteiger partial charge in [0.1, 0.15) is 19.0 Å². The number of halogens is 1. The van der Waals surface area contributed by atoms with Gasteiger partial charge in [0.15, 0.2) is 0 Å². The van der Waals surface area contributed by atoms with Crippen molar-refractivity contribution in [3.05, 3.63) is 34.3 Å². The number of hydrogen-bond donors (Lipinski definition) is 0. The Kier molecular flexibility index (Phi) is 6.24. The fraction of sp³-hybridized carbons (Fsp3) is 0.588. The Balaban J connectivity index is 2.19. The molecule has 0 bridgehead atoms. The van der Waals surface area contributed by atoms with E-state index in [1.165, 1.54) is 0 Å². The monoisotopic (exact) mass is 326 g/mol. The largest absolute Gasteiger partial charge is 0.459 e. The van der Waals surface area contributed by atoms with Gasteiger partial charge in [0, 0.05) is 24.1 Å². The highest BCUT2D eigenvalue weighted by molar-refractivity contribution is 6.31. The molecule has 0 aliphatic heterocycles. The number of methoxy groups -OCH3 is 1. The minimum atomic E-state index is -0.381. The van der Waals surface area contributed by atoms with Gasteiger partial charge in [-0.2, -0.15) is 0 Å². The molecule has 0 spiro atoms. The highest BCUT2D eigenvalue weighted by atomic mass is 35.5. The number of esters is 1. The first-order valence-corrected chi connectivity index (χ1v) is 7.98. The summed E-state index contributed by atoms with van der Waals surface area (Å²) in [5, 5.41) is 0.642. The van der Waals surface area contributed by atoms with E-state index >= 15 is 0 Å².